The van der Waals surface area contributed by atoms with Crippen LogP contribution in [0.25, 0.3) is 0 Å². The molecule has 0 fully saturated rings. The minimum atomic E-state index is -0.0245. The fraction of sp³-hybridized carbons (Fsp3) is 0.438. The van der Waals surface area contributed by atoms with Crippen molar-refractivity contribution in [3.05, 3.63) is 48.9 Å². The smallest absolute Gasteiger partial charge is 0.167 e. The van der Waals surface area contributed by atoms with E-state index >= 15 is 0 Å². The highest BCUT2D eigenvalue weighted by molar-refractivity contribution is 5.99. The van der Waals surface area contributed by atoms with Crippen LogP contribution in [0, 0.1) is 11.8 Å². The molecule has 0 radical (unpaired) electrons. The normalized spacial score (nSPS) is 12.8. The molecule has 0 atom stereocenters. The van der Waals surface area contributed by atoms with E-state index in [2.05, 4.69) is 27.0 Å². The van der Waals surface area contributed by atoms with E-state index in [9.17, 15) is 4.79 Å². The van der Waals surface area contributed by atoms with Crippen LogP contribution < -0.4 is 0 Å². The fourth-order valence-electron chi connectivity index (χ4n) is 1.82. The van der Waals surface area contributed by atoms with E-state index in [-0.39, 0.29) is 17.6 Å². The second-order valence-corrected chi connectivity index (χ2v) is 4.86. The molecule has 0 aromatic carbocycles. The average Bonchev–Trinajstić information content (AvgIpc) is 2.31. The van der Waals surface area contributed by atoms with E-state index in [0.29, 0.717) is 5.57 Å². The van der Waals surface area contributed by atoms with E-state index in [1.54, 1.807) is 12.2 Å². The molecule has 0 heterocycles. The van der Waals surface area contributed by atoms with Crippen LogP contribution in [0.4, 0.5) is 0 Å². The van der Waals surface area contributed by atoms with Crippen molar-refractivity contribution in [3.63, 3.8) is 0 Å². The molecule has 0 amide bonds. The predicted octanol–water partition coefficient (Wildman–Crippen LogP) is 3.94. The van der Waals surface area contributed by atoms with Gasteiger partial charge >= 0.3 is 0 Å². The Morgan fingerprint density at radius 1 is 1.11 bits per heavy atom. The summed E-state index contributed by atoms with van der Waals surface area (Å²) in [7, 11) is 1.94. The van der Waals surface area contributed by atoms with Gasteiger partial charge in [-0.15, -0.1) is 0 Å². The summed E-state index contributed by atoms with van der Waals surface area (Å²) >= 11 is 0. The van der Waals surface area contributed by atoms with Crippen LogP contribution in [0.2, 0.25) is 0 Å². The number of rotatable bonds is 7. The number of carbonyl (C=O) groups is 1. The Morgan fingerprint density at radius 2 is 1.67 bits per heavy atom. The molecule has 100 valence electrons. The van der Waals surface area contributed by atoms with Crippen LogP contribution in [0.1, 0.15) is 27.7 Å². The Hall–Kier alpha value is -1.57. The summed E-state index contributed by atoms with van der Waals surface area (Å²) in [6.45, 7) is 15.4. The van der Waals surface area contributed by atoms with E-state index in [0.717, 1.165) is 5.70 Å². The highest BCUT2D eigenvalue weighted by atomic mass is 16.1. The lowest BCUT2D eigenvalue weighted by Crippen LogP contribution is -2.22. The van der Waals surface area contributed by atoms with Crippen LogP contribution in [0.5, 0.6) is 0 Å². The van der Waals surface area contributed by atoms with Crippen LogP contribution in [0.15, 0.2) is 48.9 Å². The lowest BCUT2D eigenvalue weighted by atomic mass is 9.94. The largest absolute Gasteiger partial charge is 0.354 e. The van der Waals surface area contributed by atoms with E-state index < -0.39 is 0 Å². The molecule has 0 aromatic rings. The summed E-state index contributed by atoms with van der Waals surface area (Å²) in [5, 5.41) is 0. The van der Waals surface area contributed by atoms with E-state index in [1.165, 1.54) is 0 Å². The van der Waals surface area contributed by atoms with Gasteiger partial charge in [-0.05, 0) is 12.0 Å². The van der Waals surface area contributed by atoms with Gasteiger partial charge in [-0.1, -0.05) is 53.0 Å². The van der Waals surface area contributed by atoms with Gasteiger partial charge in [-0.25, -0.2) is 0 Å². The Morgan fingerprint density at radius 3 is 2.00 bits per heavy atom. The van der Waals surface area contributed by atoms with Gasteiger partial charge < -0.3 is 4.90 Å². The molecule has 0 bridgehead atoms. The van der Waals surface area contributed by atoms with Gasteiger partial charge in [0.2, 0.25) is 0 Å². The fourth-order valence-corrected chi connectivity index (χ4v) is 1.82. The molecule has 0 aliphatic heterocycles. The number of Topliss-reactive ketones (excluding diaryl/α,β-unsaturated/α-hetero) is 1. The van der Waals surface area contributed by atoms with E-state index in [1.807, 2.05) is 38.1 Å². The third kappa shape index (κ3) is 4.36. The molecule has 0 unspecified atom stereocenters. The first-order valence-electron chi connectivity index (χ1n) is 6.29. The molecule has 0 saturated carbocycles. The third-order valence-electron chi connectivity index (χ3n) is 2.64. The Kier molecular flexibility index (Phi) is 7.03. The first kappa shape index (κ1) is 16.4. The molecule has 0 aromatic heterocycles. The van der Waals surface area contributed by atoms with Crippen molar-refractivity contribution in [2.24, 2.45) is 11.8 Å². The lowest BCUT2D eigenvalue weighted by Gasteiger charge is -2.25. The molecular weight excluding hydrogens is 222 g/mol. The molecule has 2 nitrogen and oxygen atoms in total. The van der Waals surface area contributed by atoms with Gasteiger partial charge in [0, 0.05) is 30.4 Å². The highest BCUT2D eigenvalue weighted by Gasteiger charge is 2.19. The minimum absolute atomic E-state index is 0.0245. The predicted molar refractivity (Wildman–Crippen MR) is 79.0 cm³/mol. The summed E-state index contributed by atoms with van der Waals surface area (Å²) < 4.78 is 0. The van der Waals surface area contributed by atoms with Crippen molar-refractivity contribution < 1.29 is 4.79 Å². The van der Waals surface area contributed by atoms with Crippen molar-refractivity contribution in [2.45, 2.75) is 27.7 Å². The molecule has 2 heteroatoms. The minimum Gasteiger partial charge on any atom is -0.354 e. The number of nitrogens with zero attached hydrogens (tertiary/aromatic N) is 1. The summed E-state index contributed by atoms with van der Waals surface area (Å²) in [6.07, 6.45) is 7.13. The Labute approximate surface area is 111 Å². The standard InChI is InChI=1S/C16H25NO/c1-8-10-11-17(7)15(12(3)4)14(9-2)16(18)13(5)6/h8-13H,1-2H2,3-7H3/b11-10-,15-14+. The van der Waals surface area contributed by atoms with Crippen molar-refractivity contribution in [1.82, 2.24) is 4.90 Å². The topological polar surface area (TPSA) is 20.3 Å². The van der Waals surface area contributed by atoms with Gasteiger partial charge in [0.1, 0.15) is 0 Å². The first-order chi connectivity index (χ1) is 8.36. The number of carbonyl (C=O) groups excluding carboxylic acids is 1. The summed E-state index contributed by atoms with van der Waals surface area (Å²) in [6, 6.07) is 0. The molecule has 0 saturated heterocycles. The zero-order valence-corrected chi connectivity index (χ0v) is 12.2. The van der Waals surface area contributed by atoms with Gasteiger partial charge in [-0.3, -0.25) is 4.79 Å². The Bertz CT molecular complexity index is 373. The molecule has 0 aliphatic rings. The van der Waals surface area contributed by atoms with Crippen molar-refractivity contribution >= 4 is 5.78 Å². The van der Waals surface area contributed by atoms with Crippen LogP contribution in [0.3, 0.4) is 0 Å². The number of hydrogen-bond acceptors (Lipinski definition) is 2. The summed E-state index contributed by atoms with van der Waals surface area (Å²) in [5.41, 5.74) is 1.69. The van der Waals surface area contributed by atoms with Gasteiger partial charge in [0.25, 0.3) is 0 Å². The average molecular weight is 247 g/mol. The quantitative estimate of drug-likeness (QED) is 0.501. The van der Waals surface area contributed by atoms with Gasteiger partial charge in [0.05, 0.1) is 0 Å². The van der Waals surface area contributed by atoms with E-state index in [4.69, 9.17) is 0 Å². The molecule has 0 rings (SSSR count). The van der Waals surface area contributed by atoms with Crippen molar-refractivity contribution in [2.75, 3.05) is 7.05 Å². The third-order valence-corrected chi connectivity index (χ3v) is 2.64. The second-order valence-electron chi connectivity index (χ2n) is 4.86. The maximum absolute atomic E-state index is 12.2. The Balaban J connectivity index is 5.64. The number of allylic oxidation sites excluding steroid dienone is 5. The maximum Gasteiger partial charge on any atom is 0.167 e. The van der Waals surface area contributed by atoms with Crippen LogP contribution >= 0.6 is 0 Å². The maximum atomic E-state index is 12.2. The monoisotopic (exact) mass is 247 g/mol. The van der Waals surface area contributed by atoms with Crippen molar-refractivity contribution in [3.8, 4) is 0 Å². The second kappa shape index (κ2) is 7.70. The zero-order valence-electron chi connectivity index (χ0n) is 12.2. The molecular formula is C16H25NO. The molecule has 0 aliphatic carbocycles. The highest BCUT2D eigenvalue weighted by Crippen LogP contribution is 2.22. The van der Waals surface area contributed by atoms with Gasteiger partial charge in [-0.2, -0.15) is 0 Å². The number of hydrogen-bond donors (Lipinski definition) is 0. The first-order valence-corrected chi connectivity index (χ1v) is 6.29. The number of ketones is 1. The summed E-state index contributed by atoms with van der Waals surface area (Å²) in [5.74, 6) is 0.358. The molecule has 0 spiro atoms. The SMILES string of the molecule is C=C/C=C\N(C)/C(=C(\C=C)C(=O)C(C)C)C(C)C. The van der Waals surface area contributed by atoms with Gasteiger partial charge in [0.15, 0.2) is 5.78 Å². The summed E-state index contributed by atoms with van der Waals surface area (Å²) in [4.78, 5) is 14.2. The van der Waals surface area contributed by atoms with Crippen molar-refractivity contribution in [1.29, 1.82) is 0 Å². The van der Waals surface area contributed by atoms with Crippen LogP contribution in [-0.4, -0.2) is 17.7 Å². The molecule has 18 heavy (non-hydrogen) atoms. The molecule has 0 N–H and O–H groups in total. The lowest BCUT2D eigenvalue weighted by molar-refractivity contribution is -0.118. The zero-order chi connectivity index (χ0) is 14.3. The van der Waals surface area contributed by atoms with Crippen LogP contribution in [-0.2, 0) is 4.79 Å².